The number of ether oxygens (including phenoxy) is 2. The minimum atomic E-state index is -0.695. The van der Waals surface area contributed by atoms with Gasteiger partial charge < -0.3 is 50.2 Å². The molecule has 6 N–H and O–H groups in total. The third-order valence-corrected chi connectivity index (χ3v) is 10.9. The maximum Gasteiger partial charge on any atom is 0.407 e. The standard InChI is InChI=1S/C38H50N10O6/c1-19(2)31(45-37(51)53-5)35(49)47-11-7-9-29(47)33-39-17-27(43-33)25-15-21-13-24-22(14-23(21)41-25)16-26(42-24)28-18-40-34(44-28)30-10-8-12-48(30)36(50)32(20(3)4)46-38(52)54-6/h13-17,19-20,28-32,41-42H,7-12,18H2,1-6H3,(H,39,43)(H,40,44)(H,45,51)(H,46,52)/t28?,29?,30?,31-,32?/m0/s1. The van der Waals surface area contributed by atoms with E-state index in [1.807, 2.05) is 32.6 Å². The Hall–Kier alpha value is -5.54. The minimum Gasteiger partial charge on any atom is -0.453 e. The number of nitrogens with one attached hydrogen (secondary N) is 6. The average molecular weight is 743 g/mol. The van der Waals surface area contributed by atoms with Crippen molar-refractivity contribution in [2.45, 2.75) is 83.6 Å². The lowest BCUT2D eigenvalue weighted by Crippen LogP contribution is -2.54. The summed E-state index contributed by atoms with van der Waals surface area (Å²) in [6.07, 6.45) is 3.82. The number of H-pyrrole nitrogens is 3. The Morgan fingerprint density at radius 2 is 1.33 bits per heavy atom. The number of aromatic nitrogens is 4. The molecule has 6 heterocycles. The number of likely N-dealkylation sites (tertiary alicyclic amines) is 2. The lowest BCUT2D eigenvalue weighted by molar-refractivity contribution is -0.135. The maximum atomic E-state index is 13.6. The Labute approximate surface area is 313 Å². The molecule has 4 aromatic rings. The quantitative estimate of drug-likeness (QED) is 0.136. The highest BCUT2D eigenvalue weighted by Gasteiger charge is 2.40. The van der Waals surface area contributed by atoms with Crippen molar-refractivity contribution in [2.75, 3.05) is 33.9 Å². The Balaban J connectivity index is 1.03. The summed E-state index contributed by atoms with van der Waals surface area (Å²) in [7, 11) is 2.58. The summed E-state index contributed by atoms with van der Waals surface area (Å²) < 4.78 is 9.53. The van der Waals surface area contributed by atoms with E-state index in [1.165, 1.54) is 14.2 Å². The van der Waals surface area contributed by atoms with Crippen molar-refractivity contribution >= 4 is 51.6 Å². The van der Waals surface area contributed by atoms with Gasteiger partial charge in [-0.2, -0.15) is 0 Å². The van der Waals surface area contributed by atoms with Gasteiger partial charge in [0.25, 0.3) is 0 Å². The summed E-state index contributed by atoms with van der Waals surface area (Å²) in [6.45, 7) is 9.35. The van der Waals surface area contributed by atoms with E-state index in [0.717, 1.165) is 70.4 Å². The van der Waals surface area contributed by atoms with Crippen LogP contribution in [-0.4, -0.2) is 112 Å². The van der Waals surface area contributed by atoms with Crippen molar-refractivity contribution in [3.05, 3.63) is 42.0 Å². The molecule has 4 amide bonds. The zero-order valence-corrected chi connectivity index (χ0v) is 31.6. The van der Waals surface area contributed by atoms with Crippen LogP contribution in [0.2, 0.25) is 0 Å². The number of aromatic amines is 3. The highest BCUT2D eigenvalue weighted by Crippen LogP contribution is 2.34. The molecule has 0 spiro atoms. The molecule has 54 heavy (non-hydrogen) atoms. The Kier molecular flexibility index (Phi) is 10.3. The van der Waals surface area contributed by atoms with Crippen molar-refractivity contribution in [3.8, 4) is 11.4 Å². The van der Waals surface area contributed by atoms with Crippen molar-refractivity contribution in [1.29, 1.82) is 0 Å². The number of hydrogen-bond donors (Lipinski definition) is 6. The Morgan fingerprint density at radius 3 is 1.94 bits per heavy atom. The molecular weight excluding hydrogens is 692 g/mol. The fourth-order valence-corrected chi connectivity index (χ4v) is 7.98. The topological polar surface area (TPSA) is 202 Å². The number of carbonyl (C=O) groups is 4. The van der Waals surface area contributed by atoms with Crippen LogP contribution in [0.3, 0.4) is 0 Å². The predicted molar refractivity (Wildman–Crippen MR) is 203 cm³/mol. The molecule has 3 aliphatic heterocycles. The van der Waals surface area contributed by atoms with Gasteiger partial charge in [-0.1, -0.05) is 27.7 Å². The molecule has 3 aliphatic rings. The van der Waals surface area contributed by atoms with Gasteiger partial charge in [-0.05, 0) is 61.8 Å². The van der Waals surface area contributed by atoms with Crippen LogP contribution in [-0.2, 0) is 19.1 Å². The normalized spacial score (nSPS) is 21.1. The molecule has 16 nitrogen and oxygen atoms in total. The van der Waals surface area contributed by atoms with E-state index in [0.29, 0.717) is 25.5 Å². The van der Waals surface area contributed by atoms with E-state index < -0.39 is 24.3 Å². The molecule has 1 aromatic carbocycles. The van der Waals surface area contributed by atoms with E-state index in [4.69, 9.17) is 19.5 Å². The lowest BCUT2D eigenvalue weighted by atomic mass is 10.0. The molecule has 4 unspecified atom stereocenters. The first-order chi connectivity index (χ1) is 25.9. The van der Waals surface area contributed by atoms with Crippen molar-refractivity contribution in [1.82, 2.24) is 45.7 Å². The first-order valence-corrected chi connectivity index (χ1v) is 18.8. The first kappa shape index (κ1) is 36.8. The number of benzene rings is 1. The second kappa shape index (κ2) is 15.1. The van der Waals surface area contributed by atoms with Crippen molar-refractivity contribution < 1.29 is 28.7 Å². The van der Waals surface area contributed by atoms with Gasteiger partial charge in [0.1, 0.15) is 23.7 Å². The monoisotopic (exact) mass is 742 g/mol. The van der Waals surface area contributed by atoms with E-state index in [2.05, 4.69) is 55.2 Å². The fraction of sp³-hybridized carbons (Fsp3) is 0.526. The number of amides is 4. The zero-order chi connectivity index (χ0) is 38.3. The van der Waals surface area contributed by atoms with Crippen LogP contribution in [0.25, 0.3) is 33.2 Å². The molecule has 7 rings (SSSR count). The highest BCUT2D eigenvalue weighted by atomic mass is 16.5. The van der Waals surface area contributed by atoms with Crippen molar-refractivity contribution in [3.63, 3.8) is 0 Å². The molecule has 5 atom stereocenters. The van der Waals surface area contributed by atoms with Gasteiger partial charge in [-0.15, -0.1) is 0 Å². The van der Waals surface area contributed by atoms with Crippen LogP contribution in [0.4, 0.5) is 9.59 Å². The number of aliphatic imine (C=N–C) groups is 1. The van der Waals surface area contributed by atoms with Crippen LogP contribution < -0.4 is 16.0 Å². The number of methoxy groups -OCH3 is 2. The van der Waals surface area contributed by atoms with Crippen LogP contribution in [0.15, 0.2) is 35.5 Å². The second-order valence-corrected chi connectivity index (χ2v) is 15.1. The third kappa shape index (κ3) is 7.08. The van der Waals surface area contributed by atoms with Crippen molar-refractivity contribution in [2.24, 2.45) is 16.8 Å². The van der Waals surface area contributed by atoms with Gasteiger partial charge in [0.15, 0.2) is 0 Å². The summed E-state index contributed by atoms with van der Waals surface area (Å²) >= 11 is 0. The number of amidine groups is 1. The fourth-order valence-electron chi connectivity index (χ4n) is 7.98. The van der Waals surface area contributed by atoms with Crippen LogP contribution in [0.1, 0.15) is 77.0 Å². The Morgan fingerprint density at radius 1 is 0.759 bits per heavy atom. The molecule has 0 aliphatic carbocycles. The molecular formula is C38H50N10O6. The number of imidazole rings is 1. The molecule has 2 fully saturated rings. The molecule has 3 aromatic heterocycles. The number of rotatable bonds is 10. The van der Waals surface area contributed by atoms with E-state index in [9.17, 15) is 19.2 Å². The summed E-state index contributed by atoms with van der Waals surface area (Å²) in [4.78, 5) is 74.8. The summed E-state index contributed by atoms with van der Waals surface area (Å²) in [6, 6.07) is 6.63. The molecule has 288 valence electrons. The molecule has 0 radical (unpaired) electrons. The molecule has 0 bridgehead atoms. The second-order valence-electron chi connectivity index (χ2n) is 15.1. The predicted octanol–water partition coefficient (Wildman–Crippen LogP) is 4.50. The molecule has 16 heteroatoms. The van der Waals surface area contributed by atoms with Crippen LogP contribution >= 0.6 is 0 Å². The number of fused-ring (bicyclic) bond motifs is 2. The Bertz CT molecular complexity index is 2030. The number of alkyl carbamates (subject to hydrolysis) is 2. The minimum absolute atomic E-state index is 0.0644. The molecule has 2 saturated heterocycles. The third-order valence-electron chi connectivity index (χ3n) is 10.9. The van der Waals surface area contributed by atoms with Gasteiger partial charge in [-0.3, -0.25) is 14.6 Å². The zero-order valence-electron chi connectivity index (χ0n) is 31.6. The molecule has 0 saturated carbocycles. The van der Waals surface area contributed by atoms with Gasteiger partial charge in [0.2, 0.25) is 11.8 Å². The lowest BCUT2D eigenvalue weighted by Gasteiger charge is -2.31. The van der Waals surface area contributed by atoms with Gasteiger partial charge >= 0.3 is 12.2 Å². The first-order valence-electron chi connectivity index (χ1n) is 18.8. The smallest absolute Gasteiger partial charge is 0.407 e. The highest BCUT2D eigenvalue weighted by molar-refractivity contribution is 5.99. The van der Waals surface area contributed by atoms with Crippen LogP contribution in [0, 0.1) is 11.8 Å². The summed E-state index contributed by atoms with van der Waals surface area (Å²) in [5.74, 6) is 1.02. The van der Waals surface area contributed by atoms with E-state index in [-0.39, 0.29) is 41.8 Å². The number of carbonyl (C=O) groups excluding carboxylic acids is 4. The summed E-state index contributed by atoms with van der Waals surface area (Å²) in [5.41, 5.74) is 4.68. The number of hydrogen-bond acceptors (Lipinski definition) is 9. The number of nitrogens with zero attached hydrogens (tertiary/aromatic N) is 4. The van der Waals surface area contributed by atoms with Gasteiger partial charge in [0, 0.05) is 40.6 Å². The van der Waals surface area contributed by atoms with Gasteiger partial charge in [-0.25, -0.2) is 14.6 Å². The summed E-state index contributed by atoms with van der Waals surface area (Å²) in [5, 5.41) is 11.1. The largest absolute Gasteiger partial charge is 0.453 e. The average Bonchev–Trinajstić information content (AvgIpc) is 4.00. The van der Waals surface area contributed by atoms with E-state index >= 15 is 0 Å². The van der Waals surface area contributed by atoms with Crippen LogP contribution in [0.5, 0.6) is 0 Å². The van der Waals surface area contributed by atoms with Gasteiger partial charge in [0.05, 0.1) is 56.5 Å². The maximum absolute atomic E-state index is 13.6. The SMILES string of the molecule is COC(=O)NC(C(=O)N1CCCC1C1=NCC(c2cc3cc4[nH]c(-c5cnc(C6CCCN6C(=O)[C@@H](NC(=O)OC)C(C)C)[nH]5)cc4cc3[nH]2)N1)C(C)C. The van der Waals surface area contributed by atoms with E-state index in [1.54, 1.807) is 11.1 Å².